The fraction of sp³-hybridized carbons (Fsp3) is 0.289. The van der Waals surface area contributed by atoms with E-state index in [-0.39, 0.29) is 17.8 Å². The Morgan fingerprint density at radius 3 is 2.74 bits per heavy atom. The summed E-state index contributed by atoms with van der Waals surface area (Å²) in [6.45, 7) is 2.49. The molecule has 3 aliphatic rings. The van der Waals surface area contributed by atoms with Gasteiger partial charge < -0.3 is 19.8 Å². The Bertz CT molecular complexity index is 2290. The molecule has 2 aromatic carbocycles. The number of benzene rings is 2. The number of nitrogens with zero attached hydrogens (tertiary/aromatic N) is 5. The molecule has 1 fully saturated rings. The van der Waals surface area contributed by atoms with Crippen LogP contribution in [0.15, 0.2) is 59.1 Å². The third kappa shape index (κ3) is 5.68. The average molecular weight is 709 g/mol. The second-order valence-corrected chi connectivity index (χ2v) is 14.3. The summed E-state index contributed by atoms with van der Waals surface area (Å²) in [4.78, 5) is 26.1. The number of anilines is 1. The number of pyridine rings is 2. The highest BCUT2D eigenvalue weighted by Crippen LogP contribution is 2.50. The van der Waals surface area contributed by atoms with Gasteiger partial charge in [-0.3, -0.25) is 9.78 Å². The van der Waals surface area contributed by atoms with E-state index >= 15 is 0 Å². The summed E-state index contributed by atoms with van der Waals surface area (Å²) in [7, 11) is 1.52. The van der Waals surface area contributed by atoms with E-state index in [9.17, 15) is 9.18 Å². The highest BCUT2D eigenvalue weighted by Gasteiger charge is 2.44. The molecular formula is C38H34ClFN6O3S. The summed E-state index contributed by atoms with van der Waals surface area (Å²) in [6.07, 6.45) is 8.05. The van der Waals surface area contributed by atoms with Crippen molar-refractivity contribution in [3.63, 3.8) is 0 Å². The Hall–Kier alpha value is -4.87. The number of carbonyl (C=O) groups excluding carboxylic acids is 1. The molecule has 0 saturated carbocycles. The lowest BCUT2D eigenvalue weighted by molar-refractivity contribution is 0.0776. The van der Waals surface area contributed by atoms with Crippen molar-refractivity contribution in [3.8, 4) is 27.6 Å². The number of aromatic nitrogens is 4. The highest BCUT2D eigenvalue weighted by molar-refractivity contribution is 7.22. The van der Waals surface area contributed by atoms with Gasteiger partial charge in [-0.2, -0.15) is 0 Å². The smallest absolute Gasteiger partial charge is 0.257 e. The minimum Gasteiger partial charge on any atom is -0.493 e. The SMILES string of the molecule is COc1c(F)ccc2c1CCC2.Cc1nnc(-c2c(CCc3cccc(Cl)c3)nc3c(c2-c2cc4ccnc(N)c4s2)C(=O)N2CCCC32)o1. The van der Waals surface area contributed by atoms with Crippen LogP contribution in [0, 0.1) is 12.7 Å². The minimum atomic E-state index is -0.238. The molecule has 1 aliphatic carbocycles. The van der Waals surface area contributed by atoms with E-state index in [1.807, 2.05) is 35.2 Å². The monoisotopic (exact) mass is 708 g/mol. The van der Waals surface area contributed by atoms with Crippen molar-refractivity contribution >= 4 is 44.7 Å². The van der Waals surface area contributed by atoms with E-state index in [1.54, 1.807) is 13.1 Å². The van der Waals surface area contributed by atoms with E-state index in [0.717, 1.165) is 88.1 Å². The molecule has 2 N–H and O–H groups in total. The third-order valence-electron chi connectivity index (χ3n) is 9.72. The van der Waals surface area contributed by atoms with Gasteiger partial charge in [0.1, 0.15) is 5.82 Å². The van der Waals surface area contributed by atoms with Gasteiger partial charge in [0, 0.05) is 40.7 Å². The highest BCUT2D eigenvalue weighted by atomic mass is 35.5. The molecule has 1 unspecified atom stereocenters. The number of fused-ring (bicyclic) bond motifs is 5. The number of aryl methyl sites for hydroxylation is 4. The van der Waals surface area contributed by atoms with Crippen LogP contribution in [0.3, 0.4) is 0 Å². The molecule has 9 rings (SSSR count). The van der Waals surface area contributed by atoms with Gasteiger partial charge in [0.15, 0.2) is 11.6 Å². The van der Waals surface area contributed by atoms with Crippen molar-refractivity contribution in [2.24, 2.45) is 0 Å². The molecule has 9 nitrogen and oxygen atoms in total. The van der Waals surface area contributed by atoms with Gasteiger partial charge in [0.2, 0.25) is 11.8 Å². The molecule has 6 aromatic rings. The summed E-state index contributed by atoms with van der Waals surface area (Å²) in [6, 6.07) is 15.2. The van der Waals surface area contributed by atoms with Gasteiger partial charge in [-0.1, -0.05) is 29.8 Å². The van der Waals surface area contributed by atoms with Crippen LogP contribution in [0.1, 0.15) is 69.6 Å². The largest absolute Gasteiger partial charge is 0.493 e. The summed E-state index contributed by atoms with van der Waals surface area (Å²) < 4.78 is 25.0. The van der Waals surface area contributed by atoms with Gasteiger partial charge >= 0.3 is 0 Å². The van der Waals surface area contributed by atoms with Crippen LogP contribution in [0.4, 0.5) is 10.2 Å². The number of rotatable bonds is 6. The number of hydrogen-bond acceptors (Lipinski definition) is 9. The molecule has 0 radical (unpaired) electrons. The first-order valence-electron chi connectivity index (χ1n) is 16.7. The maximum atomic E-state index is 13.8. The molecule has 6 heterocycles. The van der Waals surface area contributed by atoms with E-state index in [2.05, 4.69) is 27.3 Å². The summed E-state index contributed by atoms with van der Waals surface area (Å²) >= 11 is 7.78. The Balaban J connectivity index is 0.000000254. The van der Waals surface area contributed by atoms with Crippen LogP contribution in [0.2, 0.25) is 5.02 Å². The predicted molar refractivity (Wildman–Crippen MR) is 192 cm³/mol. The molecule has 1 saturated heterocycles. The molecule has 4 aromatic heterocycles. The first-order chi connectivity index (χ1) is 24.3. The molecule has 1 amide bonds. The van der Waals surface area contributed by atoms with Gasteiger partial charge in [0.25, 0.3) is 5.91 Å². The number of nitrogen functional groups attached to an aromatic ring is 1. The predicted octanol–water partition coefficient (Wildman–Crippen LogP) is 8.35. The van der Waals surface area contributed by atoms with Crippen LogP contribution in [0.25, 0.3) is 32.0 Å². The summed E-state index contributed by atoms with van der Waals surface area (Å²) in [5.41, 5.74) is 13.4. The van der Waals surface area contributed by atoms with Gasteiger partial charge in [0.05, 0.1) is 40.4 Å². The third-order valence-corrected chi connectivity index (χ3v) is 11.1. The summed E-state index contributed by atoms with van der Waals surface area (Å²) in [5.74, 6) is 1.49. The molecule has 0 bridgehead atoms. The minimum absolute atomic E-state index is 0.00688. The van der Waals surface area contributed by atoms with Crippen molar-refractivity contribution in [3.05, 3.63) is 105 Å². The van der Waals surface area contributed by atoms with Crippen molar-refractivity contribution in [1.82, 2.24) is 25.1 Å². The molecule has 50 heavy (non-hydrogen) atoms. The van der Waals surface area contributed by atoms with E-state index < -0.39 is 0 Å². The first-order valence-corrected chi connectivity index (χ1v) is 17.9. The standard InChI is InChI=1S/C28H23ClN6O2S.C10H11FO/c1-14-33-34-27(37-14)21-18(8-7-15-4-2-5-17(29)12-15)32-24-19-6-3-11-35(19)28(36)23(24)22(21)20-13-16-9-10-31-26(30)25(16)38-20;1-12-10-8-4-2-3-7(8)5-6-9(10)11/h2,4-5,9-10,12-13,19H,3,6-8,11H2,1H3,(H2,30,31);5-6H,2-4H2,1H3. The Kier molecular flexibility index (Phi) is 8.48. The molecule has 1 atom stereocenters. The zero-order valence-corrected chi connectivity index (χ0v) is 29.2. The van der Waals surface area contributed by atoms with Crippen LogP contribution in [0.5, 0.6) is 5.75 Å². The zero-order chi connectivity index (χ0) is 34.5. The lowest BCUT2D eigenvalue weighted by Gasteiger charge is -2.16. The number of nitrogens with two attached hydrogens (primary N) is 1. The van der Waals surface area contributed by atoms with E-state index in [1.165, 1.54) is 30.1 Å². The van der Waals surface area contributed by atoms with Crippen LogP contribution in [-0.2, 0) is 25.7 Å². The summed E-state index contributed by atoms with van der Waals surface area (Å²) in [5, 5.41) is 10.2. The number of carbonyl (C=O) groups is 1. The maximum Gasteiger partial charge on any atom is 0.257 e. The average Bonchev–Trinajstić information content (AvgIpc) is 3.95. The van der Waals surface area contributed by atoms with Crippen LogP contribution < -0.4 is 10.5 Å². The lowest BCUT2D eigenvalue weighted by atomic mass is 9.93. The molecule has 2 aliphatic heterocycles. The fourth-order valence-electron chi connectivity index (χ4n) is 7.49. The Morgan fingerprint density at radius 1 is 1.08 bits per heavy atom. The van der Waals surface area contributed by atoms with Crippen molar-refractivity contribution in [2.45, 2.75) is 57.9 Å². The van der Waals surface area contributed by atoms with E-state index in [0.29, 0.717) is 45.9 Å². The lowest BCUT2D eigenvalue weighted by Crippen LogP contribution is -2.22. The van der Waals surface area contributed by atoms with Gasteiger partial charge in [-0.15, -0.1) is 21.5 Å². The number of halogens is 2. The molecular weight excluding hydrogens is 675 g/mol. The zero-order valence-electron chi connectivity index (χ0n) is 27.6. The van der Waals surface area contributed by atoms with Crippen LogP contribution in [-0.4, -0.2) is 44.6 Å². The number of ether oxygens (including phenoxy) is 1. The van der Waals surface area contributed by atoms with Crippen LogP contribution >= 0.6 is 22.9 Å². The van der Waals surface area contributed by atoms with Crippen molar-refractivity contribution in [1.29, 1.82) is 0 Å². The number of amides is 1. The van der Waals surface area contributed by atoms with Crippen molar-refractivity contribution in [2.75, 3.05) is 19.4 Å². The Morgan fingerprint density at radius 2 is 1.96 bits per heavy atom. The quantitative estimate of drug-likeness (QED) is 0.183. The number of methoxy groups -OCH3 is 1. The Labute approximate surface area is 297 Å². The van der Waals surface area contributed by atoms with Gasteiger partial charge in [-0.05, 0) is 91.8 Å². The maximum absolute atomic E-state index is 13.8. The molecule has 12 heteroatoms. The second-order valence-electron chi connectivity index (χ2n) is 12.8. The molecule has 0 spiro atoms. The number of thiophene rings is 1. The first kappa shape index (κ1) is 32.3. The van der Waals surface area contributed by atoms with E-state index in [4.69, 9.17) is 31.5 Å². The second kappa shape index (κ2) is 13.1. The van der Waals surface area contributed by atoms with Crippen molar-refractivity contribution < 1.29 is 18.3 Å². The normalized spacial score (nSPS) is 16.0. The molecule has 254 valence electrons. The topological polar surface area (TPSA) is 120 Å². The van der Waals surface area contributed by atoms with Gasteiger partial charge in [-0.25, -0.2) is 9.37 Å². The fourth-order valence-corrected chi connectivity index (χ4v) is 8.82. The number of hydrogen-bond donors (Lipinski definition) is 1.